The molecule has 2 saturated heterocycles. The van der Waals surface area contributed by atoms with Crippen LogP contribution in [0.1, 0.15) is 24.1 Å². The molecule has 24 heavy (non-hydrogen) atoms. The number of hydrogen-bond donors (Lipinski definition) is 0. The van der Waals surface area contributed by atoms with E-state index in [1.165, 1.54) is 60.4 Å². The van der Waals surface area contributed by atoms with Crippen LogP contribution < -0.4 is 0 Å². The Bertz CT molecular complexity index is 652. The molecular weight excluding hydrogens is 316 g/mol. The molecule has 1 aromatic carbocycles. The minimum absolute atomic E-state index is 0.530. The van der Waals surface area contributed by atoms with Gasteiger partial charge in [-0.05, 0) is 55.3 Å². The number of ether oxygens (including phenoxy) is 1. The third-order valence-electron chi connectivity index (χ3n) is 5.73. The van der Waals surface area contributed by atoms with Crippen LogP contribution in [0.2, 0.25) is 0 Å². The number of thiophene rings is 1. The third kappa shape index (κ3) is 3.52. The van der Waals surface area contributed by atoms with Crippen LogP contribution in [0.3, 0.4) is 0 Å². The Morgan fingerprint density at radius 2 is 2.00 bits per heavy atom. The molecule has 0 saturated carbocycles. The molecule has 2 aliphatic rings. The minimum Gasteiger partial charge on any atom is -0.383 e. The molecule has 1 spiro atoms. The smallest absolute Gasteiger partial charge is 0.0589 e. The van der Waals surface area contributed by atoms with E-state index in [4.69, 9.17) is 4.74 Å². The number of fused-ring (bicyclic) bond motifs is 1. The van der Waals surface area contributed by atoms with E-state index < -0.39 is 0 Å². The topological polar surface area (TPSA) is 15.7 Å². The molecule has 2 fully saturated rings. The molecule has 0 N–H and O–H groups in total. The molecule has 2 aliphatic heterocycles. The summed E-state index contributed by atoms with van der Waals surface area (Å²) in [5.74, 6) is 0. The average molecular weight is 345 g/mol. The first-order valence-corrected chi connectivity index (χ1v) is 9.99. The number of benzene rings is 1. The Labute approximate surface area is 149 Å². The van der Waals surface area contributed by atoms with Crippen LogP contribution in [0.4, 0.5) is 0 Å². The first-order valence-electron chi connectivity index (χ1n) is 9.18. The van der Waals surface area contributed by atoms with Gasteiger partial charge in [0.15, 0.2) is 0 Å². The molecule has 0 aliphatic carbocycles. The van der Waals surface area contributed by atoms with Gasteiger partial charge in [0.1, 0.15) is 0 Å². The molecule has 0 bridgehead atoms. The molecule has 1 unspecified atom stereocenters. The van der Waals surface area contributed by atoms with Crippen LogP contribution in [0.5, 0.6) is 0 Å². The number of rotatable bonds is 5. The average Bonchev–Trinajstić information content (AvgIpc) is 3.17. The maximum atomic E-state index is 5.27. The van der Waals surface area contributed by atoms with Gasteiger partial charge < -0.3 is 9.64 Å². The number of hydrogen-bond acceptors (Lipinski definition) is 4. The van der Waals surface area contributed by atoms with Crippen LogP contribution >= 0.6 is 11.3 Å². The van der Waals surface area contributed by atoms with Crippen molar-refractivity contribution < 1.29 is 4.74 Å². The van der Waals surface area contributed by atoms with E-state index in [1.807, 2.05) is 18.4 Å². The SMILES string of the molecule is COCCN1CCCC2(CCN(Cc3cc4ccccc4s3)C2)C1. The summed E-state index contributed by atoms with van der Waals surface area (Å²) in [4.78, 5) is 6.82. The summed E-state index contributed by atoms with van der Waals surface area (Å²) in [7, 11) is 1.81. The zero-order valence-corrected chi connectivity index (χ0v) is 15.5. The molecule has 2 aromatic rings. The Morgan fingerprint density at radius 1 is 1.12 bits per heavy atom. The fraction of sp³-hybridized carbons (Fsp3) is 0.600. The monoisotopic (exact) mass is 344 g/mol. The van der Waals surface area contributed by atoms with Crippen molar-refractivity contribution in [3.63, 3.8) is 0 Å². The highest BCUT2D eigenvalue weighted by molar-refractivity contribution is 7.19. The lowest BCUT2D eigenvalue weighted by molar-refractivity contribution is 0.0674. The van der Waals surface area contributed by atoms with E-state index in [1.54, 1.807) is 0 Å². The van der Waals surface area contributed by atoms with Gasteiger partial charge in [0.25, 0.3) is 0 Å². The second kappa shape index (κ2) is 7.12. The van der Waals surface area contributed by atoms with Gasteiger partial charge in [-0.2, -0.15) is 0 Å². The second-order valence-electron chi connectivity index (χ2n) is 7.58. The summed E-state index contributed by atoms with van der Waals surface area (Å²) in [6, 6.07) is 11.1. The van der Waals surface area contributed by atoms with E-state index in [2.05, 4.69) is 40.1 Å². The fourth-order valence-electron chi connectivity index (χ4n) is 4.55. The lowest BCUT2D eigenvalue weighted by Crippen LogP contribution is -2.45. The van der Waals surface area contributed by atoms with Crippen molar-refractivity contribution in [2.45, 2.75) is 25.8 Å². The maximum Gasteiger partial charge on any atom is 0.0589 e. The zero-order valence-electron chi connectivity index (χ0n) is 14.7. The van der Waals surface area contributed by atoms with E-state index in [9.17, 15) is 0 Å². The van der Waals surface area contributed by atoms with Crippen molar-refractivity contribution in [2.24, 2.45) is 5.41 Å². The highest BCUT2D eigenvalue weighted by Gasteiger charge is 2.41. The molecule has 3 heterocycles. The van der Waals surface area contributed by atoms with Crippen LogP contribution in [-0.4, -0.2) is 56.2 Å². The lowest BCUT2D eigenvalue weighted by Gasteiger charge is -2.40. The molecule has 3 nitrogen and oxygen atoms in total. The minimum atomic E-state index is 0.530. The van der Waals surface area contributed by atoms with E-state index >= 15 is 0 Å². The van der Waals surface area contributed by atoms with Crippen molar-refractivity contribution in [1.29, 1.82) is 0 Å². The maximum absolute atomic E-state index is 5.27. The van der Waals surface area contributed by atoms with Crippen LogP contribution in [0.25, 0.3) is 10.1 Å². The standard InChI is InChI=1S/C20H28N2OS/c1-23-12-11-21-9-4-7-20(15-21)8-10-22(16-20)14-18-13-17-5-2-3-6-19(17)24-18/h2-3,5-6,13H,4,7-12,14-16H2,1H3. The fourth-order valence-corrected chi connectivity index (χ4v) is 5.66. The van der Waals surface area contributed by atoms with Crippen LogP contribution in [-0.2, 0) is 11.3 Å². The Hall–Kier alpha value is -0.940. The van der Waals surface area contributed by atoms with Gasteiger partial charge >= 0.3 is 0 Å². The highest BCUT2D eigenvalue weighted by atomic mass is 32.1. The van der Waals surface area contributed by atoms with E-state index in [0.29, 0.717) is 5.41 Å². The number of methoxy groups -OCH3 is 1. The Balaban J connectivity index is 1.38. The van der Waals surface area contributed by atoms with Gasteiger partial charge in [0, 0.05) is 42.9 Å². The summed E-state index contributed by atoms with van der Waals surface area (Å²) >= 11 is 1.96. The molecular formula is C20H28N2OS. The van der Waals surface area contributed by atoms with Crippen LogP contribution in [0, 0.1) is 5.41 Å². The normalized spacial score (nSPS) is 25.9. The number of likely N-dealkylation sites (tertiary alicyclic amines) is 2. The summed E-state index contributed by atoms with van der Waals surface area (Å²) in [6.07, 6.45) is 4.11. The molecule has 130 valence electrons. The Morgan fingerprint density at radius 3 is 2.88 bits per heavy atom. The van der Waals surface area contributed by atoms with Gasteiger partial charge in [0.05, 0.1) is 6.61 Å². The van der Waals surface area contributed by atoms with Crippen molar-refractivity contribution in [3.05, 3.63) is 35.2 Å². The molecule has 1 aromatic heterocycles. The first kappa shape index (κ1) is 16.5. The van der Waals surface area contributed by atoms with Crippen molar-refractivity contribution in [2.75, 3.05) is 46.4 Å². The van der Waals surface area contributed by atoms with Gasteiger partial charge in [-0.15, -0.1) is 11.3 Å². The Kier molecular flexibility index (Phi) is 4.90. The molecule has 4 rings (SSSR count). The molecule has 0 radical (unpaired) electrons. The summed E-state index contributed by atoms with van der Waals surface area (Å²) < 4.78 is 6.70. The number of nitrogens with zero attached hydrogens (tertiary/aromatic N) is 2. The first-order chi connectivity index (χ1) is 11.8. The molecule has 1 atom stereocenters. The second-order valence-corrected chi connectivity index (χ2v) is 8.75. The summed E-state index contributed by atoms with van der Waals surface area (Å²) in [5, 5.41) is 1.40. The predicted octanol–water partition coefficient (Wildman–Crippen LogP) is 3.84. The lowest BCUT2D eigenvalue weighted by atomic mass is 9.79. The predicted molar refractivity (Wildman–Crippen MR) is 102 cm³/mol. The molecule has 0 amide bonds. The highest BCUT2D eigenvalue weighted by Crippen LogP contribution is 2.40. The van der Waals surface area contributed by atoms with Gasteiger partial charge in [0.2, 0.25) is 0 Å². The summed E-state index contributed by atoms with van der Waals surface area (Å²) in [6.45, 7) is 8.12. The zero-order chi connectivity index (χ0) is 16.4. The molecule has 4 heteroatoms. The largest absolute Gasteiger partial charge is 0.383 e. The van der Waals surface area contributed by atoms with Crippen molar-refractivity contribution >= 4 is 21.4 Å². The van der Waals surface area contributed by atoms with Crippen LogP contribution in [0.15, 0.2) is 30.3 Å². The van der Waals surface area contributed by atoms with Crippen molar-refractivity contribution in [1.82, 2.24) is 9.80 Å². The van der Waals surface area contributed by atoms with Gasteiger partial charge in [-0.3, -0.25) is 4.90 Å². The third-order valence-corrected chi connectivity index (χ3v) is 6.83. The van der Waals surface area contributed by atoms with Crippen molar-refractivity contribution in [3.8, 4) is 0 Å². The van der Waals surface area contributed by atoms with Gasteiger partial charge in [-0.1, -0.05) is 18.2 Å². The number of piperidine rings is 1. The van der Waals surface area contributed by atoms with Gasteiger partial charge in [-0.25, -0.2) is 0 Å². The quantitative estimate of drug-likeness (QED) is 0.820. The van der Waals surface area contributed by atoms with E-state index in [0.717, 1.165) is 19.7 Å². The summed E-state index contributed by atoms with van der Waals surface area (Å²) in [5.41, 5.74) is 0.530. The van der Waals surface area contributed by atoms with E-state index in [-0.39, 0.29) is 0 Å².